The molecule has 0 radical (unpaired) electrons. The number of pyridine rings is 1. The van der Waals surface area contributed by atoms with Crippen molar-refractivity contribution in [2.75, 3.05) is 24.3 Å². The minimum absolute atomic E-state index is 0.0370. The molecule has 0 bridgehead atoms. The van der Waals surface area contributed by atoms with Gasteiger partial charge in [0, 0.05) is 30.4 Å². The molecule has 1 aliphatic carbocycles. The van der Waals surface area contributed by atoms with Crippen LogP contribution in [-0.2, 0) is 15.1 Å². The van der Waals surface area contributed by atoms with E-state index < -0.39 is 34.9 Å². The van der Waals surface area contributed by atoms with E-state index in [4.69, 9.17) is 22.1 Å². The predicted molar refractivity (Wildman–Crippen MR) is 185 cm³/mol. The van der Waals surface area contributed by atoms with Gasteiger partial charge in [0.1, 0.15) is 17.5 Å². The van der Waals surface area contributed by atoms with Gasteiger partial charge in [-0.2, -0.15) is 0 Å². The number of nitrogens with zero attached hydrogens (tertiary/aromatic N) is 2. The molecule has 47 heavy (non-hydrogen) atoms. The number of halogens is 2. The predicted octanol–water partition coefficient (Wildman–Crippen LogP) is 7.59. The fourth-order valence-electron chi connectivity index (χ4n) is 5.99. The molecule has 2 aliphatic rings. The fourth-order valence-corrected chi connectivity index (χ4v) is 6.12. The summed E-state index contributed by atoms with van der Waals surface area (Å²) in [7, 11) is 1.52. The third kappa shape index (κ3) is 7.81. The SMILES string of the molecule is C=C(/C=C\C=C/C)[C@@]1(OC)C[C@H](C(=O)Nc2cc(C(N)(CCC3CC3)c3ccccn3)ccc2F)N(C(=O)Nc2ccc(Cl)cc2)C1. The van der Waals surface area contributed by atoms with Crippen molar-refractivity contribution in [3.05, 3.63) is 125 Å². The maximum atomic E-state index is 15.4. The molecule has 3 aromatic rings. The van der Waals surface area contributed by atoms with E-state index in [9.17, 15) is 9.59 Å². The molecule has 2 heterocycles. The maximum absolute atomic E-state index is 15.4. The average molecular weight is 658 g/mol. The number of carbonyl (C=O) groups excluding carboxylic acids is 2. The second kappa shape index (κ2) is 14.6. The first-order valence-corrected chi connectivity index (χ1v) is 16.1. The molecule has 2 aromatic carbocycles. The van der Waals surface area contributed by atoms with Crippen molar-refractivity contribution < 1.29 is 18.7 Å². The molecule has 10 heteroatoms. The van der Waals surface area contributed by atoms with Crippen LogP contribution >= 0.6 is 11.6 Å². The minimum Gasteiger partial charge on any atom is -0.372 e. The number of hydrogen-bond acceptors (Lipinski definition) is 5. The van der Waals surface area contributed by atoms with Gasteiger partial charge in [-0.15, -0.1) is 0 Å². The van der Waals surface area contributed by atoms with E-state index in [1.54, 1.807) is 48.7 Å². The first-order chi connectivity index (χ1) is 22.6. The number of ether oxygens (including phenoxy) is 1. The number of allylic oxidation sites excluding steroid dienone is 3. The number of amides is 3. The highest BCUT2D eigenvalue weighted by Crippen LogP contribution is 2.41. The van der Waals surface area contributed by atoms with E-state index in [-0.39, 0.29) is 18.7 Å². The summed E-state index contributed by atoms with van der Waals surface area (Å²) in [6.45, 7) is 6.13. The molecule has 3 amide bonds. The number of benzene rings is 2. The van der Waals surface area contributed by atoms with Crippen LogP contribution in [-0.4, -0.2) is 47.1 Å². The second-order valence-electron chi connectivity index (χ2n) is 12.2. The molecule has 4 N–H and O–H groups in total. The van der Waals surface area contributed by atoms with Crippen LogP contribution in [0.2, 0.25) is 5.02 Å². The van der Waals surface area contributed by atoms with Gasteiger partial charge in [-0.3, -0.25) is 9.78 Å². The Labute approximate surface area is 280 Å². The molecular formula is C37H41ClFN5O3. The minimum atomic E-state index is -1.06. The highest BCUT2D eigenvalue weighted by Gasteiger charge is 2.50. The van der Waals surface area contributed by atoms with Crippen molar-refractivity contribution in [3.63, 3.8) is 0 Å². The molecule has 1 unspecified atom stereocenters. The van der Waals surface area contributed by atoms with E-state index in [1.807, 2.05) is 43.4 Å². The van der Waals surface area contributed by atoms with E-state index in [2.05, 4.69) is 22.2 Å². The van der Waals surface area contributed by atoms with E-state index in [0.29, 0.717) is 39.9 Å². The van der Waals surface area contributed by atoms with Gasteiger partial charge < -0.3 is 26.0 Å². The maximum Gasteiger partial charge on any atom is 0.322 e. The monoisotopic (exact) mass is 657 g/mol. The number of nitrogens with two attached hydrogens (primary N) is 1. The fraction of sp³-hybridized carbons (Fsp3) is 0.324. The number of methoxy groups -OCH3 is 1. The molecular weight excluding hydrogens is 617 g/mol. The summed E-state index contributed by atoms with van der Waals surface area (Å²) < 4.78 is 21.4. The Hall–Kier alpha value is -4.31. The summed E-state index contributed by atoms with van der Waals surface area (Å²) in [6, 6.07) is 15.2. The summed E-state index contributed by atoms with van der Waals surface area (Å²) in [6.07, 6.45) is 13.0. The van der Waals surface area contributed by atoms with Crippen molar-refractivity contribution >= 4 is 34.9 Å². The number of carbonyl (C=O) groups is 2. The Morgan fingerprint density at radius 2 is 1.94 bits per heavy atom. The summed E-state index contributed by atoms with van der Waals surface area (Å²) >= 11 is 6.03. The van der Waals surface area contributed by atoms with Gasteiger partial charge in [-0.1, -0.05) is 67.5 Å². The molecule has 8 nitrogen and oxygen atoms in total. The highest BCUT2D eigenvalue weighted by atomic mass is 35.5. The lowest BCUT2D eigenvalue weighted by Gasteiger charge is -2.30. The summed E-state index contributed by atoms with van der Waals surface area (Å²) in [5.74, 6) is -0.577. The molecule has 5 rings (SSSR count). The van der Waals surface area contributed by atoms with E-state index >= 15 is 4.39 Å². The molecule has 2 fully saturated rings. The van der Waals surface area contributed by atoms with Crippen LogP contribution in [0.5, 0.6) is 0 Å². The lowest BCUT2D eigenvalue weighted by molar-refractivity contribution is -0.119. The normalized spacial score (nSPS) is 20.8. The lowest BCUT2D eigenvalue weighted by atomic mass is 9.82. The van der Waals surface area contributed by atoms with Gasteiger partial charge in [0.15, 0.2) is 0 Å². The van der Waals surface area contributed by atoms with Crippen LogP contribution in [0, 0.1) is 11.7 Å². The van der Waals surface area contributed by atoms with Gasteiger partial charge >= 0.3 is 6.03 Å². The number of nitrogens with one attached hydrogen (secondary N) is 2. The zero-order chi connectivity index (χ0) is 33.6. The third-order valence-corrected chi connectivity index (χ3v) is 9.32. The number of urea groups is 1. The topological polar surface area (TPSA) is 110 Å². The number of likely N-dealkylation sites (tertiary alicyclic amines) is 1. The summed E-state index contributed by atoms with van der Waals surface area (Å²) in [4.78, 5) is 33.7. The molecule has 1 aliphatic heterocycles. The molecule has 1 saturated carbocycles. The van der Waals surface area contributed by atoms with Gasteiger partial charge in [0.2, 0.25) is 5.91 Å². The number of hydrogen-bond donors (Lipinski definition) is 3. The smallest absolute Gasteiger partial charge is 0.322 e. The molecule has 0 spiro atoms. The standard InChI is InChI=1S/C37H41ClFN5O3/c1-4-5-6-9-25(2)36(47-3)23-32(44(24-36)35(46)42-29-16-14-28(38)15-17-29)34(45)43-31-22-27(13-18-30(31)39)37(40,20-19-26-11-12-26)33-10-7-8-21-41-33/h4-10,13-18,21-22,26,32H,2,11-12,19-20,23-24,40H2,1,3H3,(H,42,46)(H,43,45)/b5-4-,9-6-/t32-,36-,37?/m1/s1. The van der Waals surface area contributed by atoms with Crippen LogP contribution in [0.4, 0.5) is 20.6 Å². The van der Waals surface area contributed by atoms with Crippen molar-refractivity contribution in [1.29, 1.82) is 0 Å². The first-order valence-electron chi connectivity index (χ1n) is 15.8. The van der Waals surface area contributed by atoms with Crippen LogP contribution in [0.25, 0.3) is 0 Å². The third-order valence-electron chi connectivity index (χ3n) is 9.07. The van der Waals surface area contributed by atoms with Crippen LogP contribution in [0.3, 0.4) is 0 Å². The molecule has 3 atom stereocenters. The Bertz CT molecular complexity index is 1660. The Balaban J connectivity index is 1.45. The highest BCUT2D eigenvalue weighted by molar-refractivity contribution is 6.30. The summed E-state index contributed by atoms with van der Waals surface area (Å²) in [5, 5.41) is 6.11. The van der Waals surface area contributed by atoms with Gasteiger partial charge in [0.05, 0.1) is 23.5 Å². The number of anilines is 2. The average Bonchev–Trinajstić information content (AvgIpc) is 3.83. The van der Waals surface area contributed by atoms with Gasteiger partial charge in [-0.25, -0.2) is 9.18 Å². The first kappa shape index (κ1) is 34.0. The van der Waals surface area contributed by atoms with Crippen molar-refractivity contribution in [2.24, 2.45) is 11.7 Å². The lowest BCUT2D eigenvalue weighted by Crippen LogP contribution is -2.46. The Morgan fingerprint density at radius 1 is 1.17 bits per heavy atom. The van der Waals surface area contributed by atoms with Crippen LogP contribution in [0.1, 0.15) is 50.3 Å². The number of rotatable bonds is 12. The molecule has 246 valence electrons. The largest absolute Gasteiger partial charge is 0.372 e. The van der Waals surface area contributed by atoms with Crippen molar-refractivity contribution in [1.82, 2.24) is 9.88 Å². The van der Waals surface area contributed by atoms with Crippen LogP contribution in [0.15, 0.2) is 103 Å². The van der Waals surface area contributed by atoms with E-state index in [0.717, 1.165) is 6.42 Å². The number of aromatic nitrogens is 1. The Morgan fingerprint density at radius 3 is 2.60 bits per heavy atom. The molecule has 1 aromatic heterocycles. The quantitative estimate of drug-likeness (QED) is 0.174. The Kier molecular flexibility index (Phi) is 10.6. The van der Waals surface area contributed by atoms with Crippen LogP contribution < -0.4 is 16.4 Å². The molecule has 1 saturated heterocycles. The van der Waals surface area contributed by atoms with Gasteiger partial charge in [-0.05, 0) is 85.4 Å². The van der Waals surface area contributed by atoms with Crippen molar-refractivity contribution in [2.45, 2.75) is 56.2 Å². The zero-order valence-corrected chi connectivity index (χ0v) is 27.5. The van der Waals surface area contributed by atoms with Gasteiger partial charge in [0.25, 0.3) is 0 Å². The zero-order valence-electron chi connectivity index (χ0n) is 26.7. The second-order valence-corrected chi connectivity index (χ2v) is 12.7. The summed E-state index contributed by atoms with van der Waals surface area (Å²) in [5.41, 5.74) is 7.36. The van der Waals surface area contributed by atoms with Crippen molar-refractivity contribution in [3.8, 4) is 0 Å². The van der Waals surface area contributed by atoms with E-state index in [1.165, 1.54) is 30.9 Å².